The maximum absolute atomic E-state index is 17.4. The van der Waals surface area contributed by atoms with Gasteiger partial charge in [-0.3, -0.25) is 9.59 Å². The number of carbonyl (C=O) groups is 3. The molecule has 226 valence electrons. The Morgan fingerprint density at radius 1 is 1.20 bits per heavy atom. The Balaban J connectivity index is 1.38. The van der Waals surface area contributed by atoms with Gasteiger partial charge in [0.2, 0.25) is 5.78 Å². The van der Waals surface area contributed by atoms with E-state index in [0.29, 0.717) is 24.8 Å². The van der Waals surface area contributed by atoms with Crippen LogP contribution in [0.3, 0.4) is 0 Å². The number of hydrogen-bond donors (Lipinski definition) is 1. The number of ether oxygens (including phenoxy) is 4. The molecule has 0 aromatic carbocycles. The highest BCUT2D eigenvalue weighted by Crippen LogP contribution is 2.72. The Morgan fingerprint density at radius 3 is 2.63 bits per heavy atom. The second kappa shape index (κ2) is 9.92. The van der Waals surface area contributed by atoms with E-state index < -0.39 is 82.0 Å². The zero-order chi connectivity index (χ0) is 30.0. The standard InChI is InChI=1S/C28H36FNO11/c1-24(2)40-22-12-19-18-6-5-16-11-17(31)7-8-25(16,3)27(18,29)20(32)13-26(19,4)28(22,41-24)21(33)14-38-23(34)15-37-9-10-39-30(35)36/h7-8,11,18-20,22,32H,5-6,9-10,12-15H2,1-4H3/t18?,19-,20-,22+,25-,26-,27-,28+/m0/s1. The third-order valence-corrected chi connectivity index (χ3v) is 10.1. The van der Waals surface area contributed by atoms with Crippen molar-refractivity contribution in [3.8, 4) is 0 Å². The average molecular weight is 582 g/mol. The van der Waals surface area contributed by atoms with Crippen LogP contribution < -0.4 is 0 Å². The normalized spacial score (nSPS) is 41.9. The van der Waals surface area contributed by atoms with Crippen molar-refractivity contribution in [1.82, 2.24) is 0 Å². The largest absolute Gasteiger partial charge is 0.456 e. The van der Waals surface area contributed by atoms with Crippen molar-refractivity contribution in [2.24, 2.45) is 22.7 Å². The lowest BCUT2D eigenvalue weighted by molar-refractivity contribution is -0.758. The van der Waals surface area contributed by atoms with Crippen LogP contribution in [0.1, 0.15) is 53.4 Å². The number of carbonyl (C=O) groups excluding carboxylic acids is 3. The van der Waals surface area contributed by atoms with Gasteiger partial charge >= 0.3 is 5.97 Å². The number of allylic oxidation sites excluding steroid dienone is 4. The number of fused-ring (bicyclic) bond motifs is 7. The topological polar surface area (TPSA) is 161 Å². The van der Waals surface area contributed by atoms with Gasteiger partial charge in [-0.05, 0) is 64.5 Å². The number of alkyl halides is 1. The van der Waals surface area contributed by atoms with Crippen LogP contribution >= 0.6 is 0 Å². The maximum Gasteiger partial charge on any atom is 0.332 e. The summed E-state index contributed by atoms with van der Waals surface area (Å²) in [7, 11) is 0. The molecule has 1 saturated heterocycles. The lowest BCUT2D eigenvalue weighted by atomic mass is 9.44. The van der Waals surface area contributed by atoms with E-state index in [2.05, 4.69) is 4.84 Å². The molecule has 0 bridgehead atoms. The Morgan fingerprint density at radius 2 is 1.93 bits per heavy atom. The molecule has 8 atom stereocenters. The molecule has 5 rings (SSSR count). The van der Waals surface area contributed by atoms with Crippen LogP contribution in [0.15, 0.2) is 23.8 Å². The van der Waals surface area contributed by atoms with Gasteiger partial charge in [-0.2, -0.15) is 0 Å². The fourth-order valence-corrected chi connectivity index (χ4v) is 8.43. The monoisotopic (exact) mass is 581 g/mol. The molecule has 13 heteroatoms. The van der Waals surface area contributed by atoms with Gasteiger partial charge in [0.1, 0.15) is 13.2 Å². The second-order valence-electron chi connectivity index (χ2n) is 12.5. The van der Waals surface area contributed by atoms with E-state index in [4.69, 9.17) is 18.9 Å². The molecule has 0 radical (unpaired) electrons. The number of ketones is 2. The van der Waals surface area contributed by atoms with Crippen LogP contribution in [0, 0.1) is 32.8 Å². The first-order chi connectivity index (χ1) is 19.1. The molecule has 1 N–H and O–H groups in total. The molecule has 0 spiro atoms. The molecular formula is C28H36FNO11. The Bertz CT molecular complexity index is 1220. The number of rotatable bonds is 9. The van der Waals surface area contributed by atoms with Crippen molar-refractivity contribution >= 4 is 17.5 Å². The molecule has 41 heavy (non-hydrogen) atoms. The summed E-state index contributed by atoms with van der Waals surface area (Å²) >= 11 is 0. The van der Waals surface area contributed by atoms with Crippen molar-refractivity contribution in [3.05, 3.63) is 33.9 Å². The van der Waals surface area contributed by atoms with Crippen LogP contribution in [0.4, 0.5) is 4.39 Å². The lowest BCUT2D eigenvalue weighted by Gasteiger charge is -2.62. The molecule has 4 fully saturated rings. The molecule has 1 aliphatic heterocycles. The van der Waals surface area contributed by atoms with Crippen LogP contribution in [-0.4, -0.2) is 83.4 Å². The highest BCUT2D eigenvalue weighted by molar-refractivity contribution is 6.01. The Labute approximate surface area is 236 Å². The van der Waals surface area contributed by atoms with Crippen molar-refractivity contribution in [2.45, 2.75) is 82.6 Å². The predicted octanol–water partition coefficient (Wildman–Crippen LogP) is 2.19. The van der Waals surface area contributed by atoms with Gasteiger partial charge in [-0.25, -0.2) is 9.18 Å². The fraction of sp³-hybridized carbons (Fsp3) is 0.750. The van der Waals surface area contributed by atoms with Crippen LogP contribution in [0.2, 0.25) is 0 Å². The zero-order valence-corrected chi connectivity index (χ0v) is 23.6. The van der Waals surface area contributed by atoms with E-state index in [0.717, 1.165) is 0 Å². The summed E-state index contributed by atoms with van der Waals surface area (Å²) in [6, 6.07) is 0. The minimum Gasteiger partial charge on any atom is -0.456 e. The van der Waals surface area contributed by atoms with Gasteiger partial charge < -0.3 is 28.9 Å². The van der Waals surface area contributed by atoms with Gasteiger partial charge in [0.05, 0.1) is 18.8 Å². The molecule has 1 unspecified atom stereocenters. The minimum atomic E-state index is -2.08. The zero-order valence-electron chi connectivity index (χ0n) is 23.6. The van der Waals surface area contributed by atoms with Crippen molar-refractivity contribution in [1.29, 1.82) is 0 Å². The number of aliphatic hydroxyl groups excluding tert-OH is 1. The van der Waals surface area contributed by atoms with E-state index in [1.165, 1.54) is 12.2 Å². The third-order valence-electron chi connectivity index (χ3n) is 10.1. The van der Waals surface area contributed by atoms with Crippen molar-refractivity contribution < 1.29 is 52.8 Å². The van der Waals surface area contributed by atoms with Gasteiger partial charge in [0.15, 0.2) is 29.4 Å². The highest BCUT2D eigenvalue weighted by atomic mass is 19.1. The number of Topliss-reactive ketones (excluding diaryl/α,β-unsaturated/α-hetero) is 1. The van der Waals surface area contributed by atoms with E-state index in [1.807, 2.05) is 6.92 Å². The van der Waals surface area contributed by atoms with E-state index >= 15 is 4.39 Å². The number of hydrogen-bond acceptors (Lipinski definition) is 11. The maximum atomic E-state index is 17.4. The van der Waals surface area contributed by atoms with E-state index in [-0.39, 0.29) is 25.4 Å². The molecule has 3 saturated carbocycles. The van der Waals surface area contributed by atoms with Crippen molar-refractivity contribution in [3.63, 3.8) is 0 Å². The lowest BCUT2D eigenvalue weighted by Crippen LogP contribution is -2.70. The van der Waals surface area contributed by atoms with Crippen LogP contribution in [-0.2, 0) is 38.2 Å². The average Bonchev–Trinajstić information content (AvgIpc) is 3.29. The second-order valence-corrected chi connectivity index (χ2v) is 12.5. The molecule has 0 aromatic heterocycles. The Kier molecular flexibility index (Phi) is 7.20. The Hall–Kier alpha value is -2.74. The molecule has 5 aliphatic rings. The summed E-state index contributed by atoms with van der Waals surface area (Å²) in [5.74, 6) is -3.86. The minimum absolute atomic E-state index is 0.107. The van der Waals surface area contributed by atoms with Crippen LogP contribution in [0.5, 0.6) is 0 Å². The van der Waals surface area contributed by atoms with Gasteiger partial charge in [-0.1, -0.05) is 18.6 Å². The number of esters is 1. The summed E-state index contributed by atoms with van der Waals surface area (Å²) in [5.41, 5.74) is -5.28. The molecular weight excluding hydrogens is 545 g/mol. The third kappa shape index (κ3) is 4.34. The van der Waals surface area contributed by atoms with Gasteiger partial charge in [0.25, 0.3) is 5.09 Å². The first kappa shape index (κ1) is 29.7. The van der Waals surface area contributed by atoms with E-state index in [9.17, 15) is 29.6 Å². The summed E-state index contributed by atoms with van der Waals surface area (Å²) < 4.78 is 40.2. The molecule has 0 aromatic rings. The first-order valence-corrected chi connectivity index (χ1v) is 13.8. The number of nitrogens with zero attached hydrogens (tertiary/aromatic N) is 1. The number of aliphatic hydroxyl groups is 1. The van der Waals surface area contributed by atoms with Crippen LogP contribution in [0.25, 0.3) is 0 Å². The molecule has 1 heterocycles. The predicted molar refractivity (Wildman–Crippen MR) is 136 cm³/mol. The summed E-state index contributed by atoms with van der Waals surface area (Å²) in [6.45, 7) is 5.07. The smallest absolute Gasteiger partial charge is 0.332 e. The van der Waals surface area contributed by atoms with E-state index in [1.54, 1.807) is 26.8 Å². The quantitative estimate of drug-likeness (QED) is 0.184. The number of halogens is 1. The fourth-order valence-electron chi connectivity index (χ4n) is 8.43. The van der Waals surface area contributed by atoms with Gasteiger partial charge in [0, 0.05) is 16.7 Å². The molecule has 0 amide bonds. The SMILES string of the molecule is CC1(C)O[C@@H]2C[C@H]3C4CCC5=CC(=O)C=C[C@]5(C)[C@@]4(F)[C@@H](O)C[C@]3(C)[C@]2(C(=O)COC(=O)COCCO[N+](=O)[O-])O1. The highest BCUT2D eigenvalue weighted by Gasteiger charge is 2.80. The van der Waals surface area contributed by atoms with Gasteiger partial charge in [-0.15, -0.1) is 10.1 Å². The first-order valence-electron chi connectivity index (χ1n) is 13.8. The molecule has 4 aliphatic carbocycles. The molecule has 12 nitrogen and oxygen atoms in total. The summed E-state index contributed by atoms with van der Waals surface area (Å²) in [4.78, 5) is 52.6. The van der Waals surface area contributed by atoms with Crippen molar-refractivity contribution in [2.75, 3.05) is 26.4 Å². The summed E-state index contributed by atoms with van der Waals surface area (Å²) in [6.07, 6.45) is 3.20. The summed E-state index contributed by atoms with van der Waals surface area (Å²) in [5, 5.41) is 20.8.